The molecule has 0 N–H and O–H groups in total. The van der Waals surface area contributed by atoms with Crippen LogP contribution in [0.15, 0.2) is 145 Å². The molecule has 5 aromatic rings. The highest BCUT2D eigenvalue weighted by Gasteiger charge is 2.34. The molecule has 5 aromatic carbocycles. The third-order valence-electron chi connectivity index (χ3n) is 8.54. The number of nitrogens with zero attached hydrogens (tertiary/aromatic N) is 1. The molecule has 0 aliphatic carbocycles. The van der Waals surface area contributed by atoms with Gasteiger partial charge in [-0.3, -0.25) is 0 Å². The van der Waals surface area contributed by atoms with E-state index in [2.05, 4.69) is 215 Å². The first kappa shape index (κ1) is 34.8. The van der Waals surface area contributed by atoms with Gasteiger partial charge in [-0.15, -0.1) is 4.31 Å². The van der Waals surface area contributed by atoms with Crippen LogP contribution in [-0.4, -0.2) is 24.5 Å². The van der Waals surface area contributed by atoms with Gasteiger partial charge in [0.2, 0.25) is 0 Å². The molecule has 1 atom stereocenters. The first-order valence-electron chi connectivity index (χ1n) is 15.1. The number of aryl methyl sites for hydroxylation is 2. The third kappa shape index (κ3) is 8.19. The molecule has 228 valence electrons. The third-order valence-corrected chi connectivity index (χ3v) is 12.3. The number of hydrogen-bond donors (Lipinski definition) is 0. The van der Waals surface area contributed by atoms with Crippen molar-refractivity contribution in [3.8, 4) is 0 Å². The summed E-state index contributed by atoms with van der Waals surface area (Å²) in [5.41, 5.74) is 6.77. The summed E-state index contributed by atoms with van der Waals surface area (Å²) in [6, 6.07) is 44.3. The lowest BCUT2D eigenvalue weighted by Gasteiger charge is -2.48. The normalized spacial score (nSPS) is 12.2. The van der Waals surface area contributed by atoms with Crippen molar-refractivity contribution in [3.63, 3.8) is 0 Å². The van der Waals surface area contributed by atoms with Gasteiger partial charge in [-0.1, -0.05) is 176 Å². The zero-order chi connectivity index (χ0) is 31.9. The van der Waals surface area contributed by atoms with Crippen molar-refractivity contribution >= 4 is 81.4 Å². The Morgan fingerprint density at radius 1 is 0.545 bits per heavy atom. The van der Waals surface area contributed by atoms with Crippen LogP contribution in [0.1, 0.15) is 31.4 Å². The van der Waals surface area contributed by atoms with Crippen LogP contribution < -0.4 is 16.4 Å². The predicted molar refractivity (Wildman–Crippen MR) is 207 cm³/mol. The molecule has 0 saturated carbocycles. The van der Waals surface area contributed by atoms with E-state index in [4.69, 9.17) is 0 Å². The van der Waals surface area contributed by atoms with Crippen molar-refractivity contribution in [2.24, 2.45) is 0 Å². The Morgan fingerprint density at radius 3 is 1.09 bits per heavy atom. The van der Waals surface area contributed by atoms with E-state index in [0.29, 0.717) is 5.82 Å². The van der Waals surface area contributed by atoms with Gasteiger partial charge >= 0.3 is 0 Å². The van der Waals surface area contributed by atoms with E-state index < -0.39 is 6.15 Å². The first-order chi connectivity index (χ1) is 21.1. The monoisotopic (exact) mass is 791 g/mol. The van der Waals surface area contributed by atoms with Crippen molar-refractivity contribution in [1.29, 1.82) is 0 Å². The second kappa shape index (κ2) is 16.0. The van der Waals surface area contributed by atoms with Crippen LogP contribution in [0.4, 0.5) is 0 Å². The van der Waals surface area contributed by atoms with Crippen LogP contribution in [0.2, 0.25) is 5.82 Å². The average Bonchev–Trinajstić information content (AvgIpc) is 3.02. The molecular formula is C38H41BBr3NS. The van der Waals surface area contributed by atoms with Gasteiger partial charge in [-0.05, 0) is 38.1 Å². The smallest absolute Gasteiger partial charge is 0.182 e. The van der Waals surface area contributed by atoms with E-state index >= 15 is 0 Å². The summed E-state index contributed by atoms with van der Waals surface area (Å²) in [4.78, 5) is 2.74. The van der Waals surface area contributed by atoms with Crippen LogP contribution in [0.3, 0.4) is 0 Å². The van der Waals surface area contributed by atoms with Crippen LogP contribution in [0, 0.1) is 13.8 Å². The highest BCUT2D eigenvalue weighted by atomic mass is 79.9. The van der Waals surface area contributed by atoms with Gasteiger partial charge in [0.15, 0.2) is 20.9 Å². The lowest BCUT2D eigenvalue weighted by molar-refractivity contribution is 0.684. The molecule has 1 nitrogen and oxygen atoms in total. The molecule has 0 saturated heterocycles. The summed E-state index contributed by atoms with van der Waals surface area (Å²) >= 11 is 10.8. The fourth-order valence-electron chi connectivity index (χ4n) is 6.11. The fraction of sp³-hybridized carbons (Fsp3) is 0.211. The van der Waals surface area contributed by atoms with Crippen molar-refractivity contribution in [2.45, 2.75) is 49.7 Å². The van der Waals surface area contributed by atoms with Crippen LogP contribution >= 0.6 is 47.8 Å². The molecule has 0 aliphatic heterocycles. The largest absolute Gasteiger partial charge is 0.200 e. The van der Waals surface area contributed by atoms with Gasteiger partial charge in [0.05, 0.1) is 6.15 Å². The van der Waals surface area contributed by atoms with Gasteiger partial charge in [-0.25, -0.2) is 0 Å². The van der Waals surface area contributed by atoms with Gasteiger partial charge in [0.25, 0.3) is 0 Å². The Balaban J connectivity index is 0.000000215. The minimum absolute atomic E-state index is 0.0138. The molecule has 0 amide bonds. The zero-order valence-corrected chi connectivity index (χ0v) is 32.0. The first-order valence-corrected chi connectivity index (χ1v) is 18.6. The minimum atomic E-state index is -1.08. The molecule has 5 rings (SSSR count). The van der Waals surface area contributed by atoms with Crippen molar-refractivity contribution in [3.05, 3.63) is 146 Å². The maximum Gasteiger partial charge on any atom is 0.182 e. The Labute approximate surface area is 293 Å². The summed E-state index contributed by atoms with van der Waals surface area (Å²) in [6.45, 7) is 8.93. The number of hydrogen-bond acceptors (Lipinski definition) is 1. The van der Waals surface area contributed by atoms with E-state index in [1.165, 1.54) is 37.3 Å². The lowest BCUT2D eigenvalue weighted by atomic mass is 9.10. The molecule has 0 bridgehead atoms. The average molecular weight is 794 g/mol. The molecule has 0 aliphatic rings. The number of benzene rings is 5. The Kier molecular flexibility index (Phi) is 12.6. The fourth-order valence-corrected chi connectivity index (χ4v) is 8.80. The van der Waals surface area contributed by atoms with Gasteiger partial charge in [0, 0.05) is 27.5 Å². The predicted octanol–water partition coefficient (Wildman–Crippen LogP) is 10.1. The molecule has 1 unspecified atom stereocenters. The van der Waals surface area contributed by atoms with Crippen molar-refractivity contribution < 1.29 is 0 Å². The topological polar surface area (TPSA) is 3.24 Å². The Morgan fingerprint density at radius 2 is 0.841 bits per heavy atom. The summed E-state index contributed by atoms with van der Waals surface area (Å²) in [5.74, 6) is 0.499. The maximum atomic E-state index is 3.59. The van der Waals surface area contributed by atoms with E-state index in [9.17, 15) is 0 Å². The molecule has 6 heteroatoms. The quantitative estimate of drug-likeness (QED) is 0.112. The SMILES string of the molecule is CCC(C)[B-](c1ccc(Br)cc1)(c1ccc(Br)cc1)c1ccc(Br)cc1.Cc1ccc([S+](c2ccc(C)cc2)N(C)C)cc1. The number of rotatable bonds is 8. The van der Waals surface area contributed by atoms with Crippen LogP contribution in [-0.2, 0) is 11.1 Å². The van der Waals surface area contributed by atoms with Gasteiger partial charge in [0.1, 0.15) is 0 Å². The molecule has 0 aromatic heterocycles. The summed E-state index contributed by atoms with van der Waals surface area (Å²) in [5, 5.41) is 0. The molecule has 0 fully saturated rings. The maximum absolute atomic E-state index is 3.59. The molecule has 0 heterocycles. The van der Waals surface area contributed by atoms with Crippen LogP contribution in [0.5, 0.6) is 0 Å². The molecule has 44 heavy (non-hydrogen) atoms. The summed E-state index contributed by atoms with van der Waals surface area (Å²) in [6.07, 6.45) is 0.0333. The summed E-state index contributed by atoms with van der Waals surface area (Å²) in [7, 11) is 4.28. The zero-order valence-electron chi connectivity index (χ0n) is 26.4. The van der Waals surface area contributed by atoms with Gasteiger partial charge in [-0.2, -0.15) is 22.2 Å². The summed E-state index contributed by atoms with van der Waals surface area (Å²) < 4.78 is 5.63. The van der Waals surface area contributed by atoms with E-state index in [-0.39, 0.29) is 11.1 Å². The van der Waals surface area contributed by atoms with E-state index in [1.54, 1.807) is 0 Å². The van der Waals surface area contributed by atoms with Crippen molar-refractivity contribution in [2.75, 3.05) is 14.1 Å². The number of halogens is 3. The molecule has 0 spiro atoms. The van der Waals surface area contributed by atoms with Gasteiger partial charge < -0.3 is 0 Å². The minimum Gasteiger partial charge on any atom is -0.200 e. The Hall–Kier alpha value is -2.09. The lowest BCUT2D eigenvalue weighted by Crippen LogP contribution is -2.69. The highest BCUT2D eigenvalue weighted by molar-refractivity contribution is 9.11. The molecule has 0 radical (unpaired) electrons. The van der Waals surface area contributed by atoms with E-state index in [0.717, 1.165) is 19.8 Å². The second-order valence-corrected chi connectivity index (χ2v) is 16.7. The Bertz CT molecular complexity index is 1450. The highest BCUT2D eigenvalue weighted by Crippen LogP contribution is 2.28. The second-order valence-electron chi connectivity index (χ2n) is 11.7. The molecular weight excluding hydrogens is 753 g/mol. The van der Waals surface area contributed by atoms with E-state index in [1.807, 2.05) is 0 Å². The van der Waals surface area contributed by atoms with Crippen LogP contribution in [0.25, 0.3) is 0 Å². The van der Waals surface area contributed by atoms with Crippen molar-refractivity contribution in [1.82, 2.24) is 4.31 Å². The standard InChI is InChI=1S/C22H21BBr3.C16H20NS/c1-3-16(2)23(17-4-10-20(24)11-5-17,18-6-12-21(25)13-7-18)19-8-14-22(26)15-9-19;1-13-5-9-15(10-6-13)18(17(3)4)16-11-7-14(2)8-12-16/h4-16H,3H2,1-2H3;5-12H,1-4H3/q-1;+1.